The Labute approximate surface area is 127 Å². The maximum absolute atomic E-state index is 12.6. The third kappa shape index (κ3) is 4.21. The van der Waals surface area contributed by atoms with Crippen molar-refractivity contribution in [2.75, 3.05) is 13.1 Å². The van der Waals surface area contributed by atoms with Crippen LogP contribution in [0, 0.1) is 5.92 Å². The number of carbonyl (C=O) groups is 1. The maximum Gasteiger partial charge on any atom is 0.253 e. The SMILES string of the molecule is CC(C)Oc1cccc(C(=O)N2CCC(C(C)N)CC2)c1. The number of rotatable bonds is 4. The molecule has 1 aromatic carbocycles. The largest absolute Gasteiger partial charge is 0.491 e. The molecule has 1 aromatic rings. The monoisotopic (exact) mass is 290 g/mol. The highest BCUT2D eigenvalue weighted by Gasteiger charge is 2.25. The molecule has 1 saturated heterocycles. The lowest BCUT2D eigenvalue weighted by Gasteiger charge is -2.33. The number of hydrogen-bond acceptors (Lipinski definition) is 3. The van der Waals surface area contributed by atoms with Crippen LogP contribution in [0.3, 0.4) is 0 Å². The third-order valence-corrected chi connectivity index (χ3v) is 4.02. The van der Waals surface area contributed by atoms with Crippen molar-refractivity contribution in [3.8, 4) is 5.75 Å². The second kappa shape index (κ2) is 6.94. The molecule has 1 aliphatic heterocycles. The van der Waals surface area contributed by atoms with E-state index in [9.17, 15) is 4.79 Å². The molecule has 4 nitrogen and oxygen atoms in total. The minimum absolute atomic E-state index is 0.0901. The maximum atomic E-state index is 12.6. The van der Waals surface area contributed by atoms with Gasteiger partial charge in [-0.05, 0) is 57.7 Å². The van der Waals surface area contributed by atoms with Crippen LogP contribution in [-0.4, -0.2) is 36.0 Å². The van der Waals surface area contributed by atoms with Crippen molar-refractivity contribution in [1.29, 1.82) is 0 Å². The first-order chi connectivity index (χ1) is 9.97. The van der Waals surface area contributed by atoms with E-state index in [4.69, 9.17) is 10.5 Å². The Hall–Kier alpha value is -1.55. The molecular weight excluding hydrogens is 264 g/mol. The normalized spacial score (nSPS) is 17.9. The lowest BCUT2D eigenvalue weighted by molar-refractivity contribution is 0.0680. The van der Waals surface area contributed by atoms with Crippen LogP contribution >= 0.6 is 0 Å². The summed E-state index contributed by atoms with van der Waals surface area (Å²) in [4.78, 5) is 14.5. The molecule has 0 radical (unpaired) electrons. The molecule has 0 aliphatic carbocycles. The van der Waals surface area contributed by atoms with E-state index in [0.717, 1.165) is 31.7 Å². The van der Waals surface area contributed by atoms with E-state index >= 15 is 0 Å². The van der Waals surface area contributed by atoms with E-state index in [-0.39, 0.29) is 18.1 Å². The summed E-state index contributed by atoms with van der Waals surface area (Å²) in [6.07, 6.45) is 2.09. The van der Waals surface area contributed by atoms with Crippen molar-refractivity contribution < 1.29 is 9.53 Å². The number of ether oxygens (including phenoxy) is 1. The molecule has 116 valence electrons. The highest BCUT2D eigenvalue weighted by Crippen LogP contribution is 2.22. The second-order valence-electron chi connectivity index (χ2n) is 6.18. The zero-order valence-corrected chi connectivity index (χ0v) is 13.2. The number of nitrogens with zero attached hydrogens (tertiary/aromatic N) is 1. The lowest BCUT2D eigenvalue weighted by atomic mass is 9.90. The van der Waals surface area contributed by atoms with Crippen molar-refractivity contribution in [2.45, 2.75) is 45.8 Å². The molecule has 0 aromatic heterocycles. The summed E-state index contributed by atoms with van der Waals surface area (Å²) < 4.78 is 5.65. The first-order valence-electron chi connectivity index (χ1n) is 7.79. The molecule has 1 atom stereocenters. The summed E-state index contributed by atoms with van der Waals surface area (Å²) >= 11 is 0. The average molecular weight is 290 g/mol. The number of likely N-dealkylation sites (tertiary alicyclic amines) is 1. The quantitative estimate of drug-likeness (QED) is 0.927. The fourth-order valence-electron chi connectivity index (χ4n) is 2.79. The first-order valence-corrected chi connectivity index (χ1v) is 7.79. The number of benzene rings is 1. The van der Waals surface area contributed by atoms with Crippen LogP contribution in [0.4, 0.5) is 0 Å². The van der Waals surface area contributed by atoms with E-state index < -0.39 is 0 Å². The fourth-order valence-corrected chi connectivity index (χ4v) is 2.79. The van der Waals surface area contributed by atoms with E-state index in [1.807, 2.05) is 43.0 Å². The molecule has 0 spiro atoms. The van der Waals surface area contributed by atoms with Crippen LogP contribution in [0.1, 0.15) is 44.0 Å². The summed E-state index contributed by atoms with van der Waals surface area (Å²) in [6, 6.07) is 7.66. The molecule has 2 N–H and O–H groups in total. The van der Waals surface area contributed by atoms with Crippen LogP contribution in [0.2, 0.25) is 0 Å². The summed E-state index contributed by atoms with van der Waals surface area (Å²) in [5, 5.41) is 0. The molecule has 0 saturated carbocycles. The smallest absolute Gasteiger partial charge is 0.253 e. The Kier molecular flexibility index (Phi) is 5.23. The molecule has 1 heterocycles. The van der Waals surface area contributed by atoms with Gasteiger partial charge in [-0.25, -0.2) is 0 Å². The van der Waals surface area contributed by atoms with Crippen molar-refractivity contribution in [1.82, 2.24) is 4.90 Å². The lowest BCUT2D eigenvalue weighted by Crippen LogP contribution is -2.42. The summed E-state index contributed by atoms with van der Waals surface area (Å²) in [5.41, 5.74) is 6.65. The van der Waals surface area contributed by atoms with Gasteiger partial charge in [0.15, 0.2) is 0 Å². The number of hydrogen-bond donors (Lipinski definition) is 1. The Morgan fingerprint density at radius 2 is 1.95 bits per heavy atom. The molecule has 1 aliphatic rings. The van der Waals surface area contributed by atoms with Crippen molar-refractivity contribution >= 4 is 5.91 Å². The molecule has 2 rings (SSSR count). The predicted octanol–water partition coefficient (Wildman–Crippen LogP) is 2.67. The fraction of sp³-hybridized carbons (Fsp3) is 0.588. The third-order valence-electron chi connectivity index (χ3n) is 4.02. The number of amides is 1. The number of nitrogens with two attached hydrogens (primary N) is 1. The van der Waals surface area contributed by atoms with E-state index in [1.165, 1.54) is 0 Å². The molecule has 0 bridgehead atoms. The van der Waals surface area contributed by atoms with Gasteiger partial charge in [-0.2, -0.15) is 0 Å². The summed E-state index contributed by atoms with van der Waals surface area (Å²) in [7, 11) is 0. The molecule has 1 fully saturated rings. The van der Waals surface area contributed by atoms with Gasteiger partial charge in [0, 0.05) is 24.7 Å². The van der Waals surface area contributed by atoms with Gasteiger partial charge >= 0.3 is 0 Å². The van der Waals surface area contributed by atoms with Gasteiger partial charge in [-0.1, -0.05) is 6.07 Å². The minimum Gasteiger partial charge on any atom is -0.491 e. The van der Waals surface area contributed by atoms with Crippen LogP contribution in [-0.2, 0) is 0 Å². The molecular formula is C17H26N2O2. The second-order valence-corrected chi connectivity index (χ2v) is 6.18. The minimum atomic E-state index is 0.0901. The van der Waals surface area contributed by atoms with Gasteiger partial charge < -0.3 is 15.4 Å². The highest BCUT2D eigenvalue weighted by molar-refractivity contribution is 5.94. The van der Waals surface area contributed by atoms with Crippen molar-refractivity contribution in [3.63, 3.8) is 0 Å². The van der Waals surface area contributed by atoms with E-state index in [1.54, 1.807) is 0 Å². The molecule has 1 amide bonds. The van der Waals surface area contributed by atoms with Gasteiger partial charge in [-0.15, -0.1) is 0 Å². The van der Waals surface area contributed by atoms with Gasteiger partial charge in [0.1, 0.15) is 5.75 Å². The zero-order chi connectivity index (χ0) is 15.4. The van der Waals surface area contributed by atoms with Crippen LogP contribution < -0.4 is 10.5 Å². The zero-order valence-electron chi connectivity index (χ0n) is 13.2. The highest BCUT2D eigenvalue weighted by atomic mass is 16.5. The van der Waals surface area contributed by atoms with Gasteiger partial charge in [-0.3, -0.25) is 4.79 Å². The van der Waals surface area contributed by atoms with Gasteiger partial charge in [0.2, 0.25) is 0 Å². The number of carbonyl (C=O) groups excluding carboxylic acids is 1. The summed E-state index contributed by atoms with van der Waals surface area (Å²) in [5.74, 6) is 1.37. The van der Waals surface area contributed by atoms with Gasteiger partial charge in [0.05, 0.1) is 6.10 Å². The van der Waals surface area contributed by atoms with Crippen molar-refractivity contribution in [3.05, 3.63) is 29.8 Å². The Morgan fingerprint density at radius 1 is 1.29 bits per heavy atom. The molecule has 4 heteroatoms. The van der Waals surface area contributed by atoms with E-state index in [2.05, 4.69) is 6.92 Å². The summed E-state index contributed by atoms with van der Waals surface area (Å²) in [6.45, 7) is 7.59. The first kappa shape index (κ1) is 15.8. The number of piperidine rings is 1. The standard InChI is InChI=1S/C17H26N2O2/c1-12(2)21-16-6-4-5-15(11-16)17(20)19-9-7-14(8-10-19)13(3)18/h4-6,11-14H,7-10,18H2,1-3H3. The van der Waals surface area contributed by atoms with Crippen LogP contribution in [0.25, 0.3) is 0 Å². The molecule has 1 unspecified atom stereocenters. The Balaban J connectivity index is 2.00. The van der Waals surface area contributed by atoms with Gasteiger partial charge in [0.25, 0.3) is 5.91 Å². The molecule has 21 heavy (non-hydrogen) atoms. The Bertz CT molecular complexity index is 477. The van der Waals surface area contributed by atoms with E-state index in [0.29, 0.717) is 11.5 Å². The predicted molar refractivity (Wildman–Crippen MR) is 84.5 cm³/mol. The van der Waals surface area contributed by atoms with Crippen LogP contribution in [0.15, 0.2) is 24.3 Å². The topological polar surface area (TPSA) is 55.6 Å². The Morgan fingerprint density at radius 3 is 2.52 bits per heavy atom. The van der Waals surface area contributed by atoms with Crippen molar-refractivity contribution in [2.24, 2.45) is 11.7 Å². The van der Waals surface area contributed by atoms with Crippen LogP contribution in [0.5, 0.6) is 5.75 Å². The average Bonchev–Trinajstić information content (AvgIpc) is 2.46.